The number of nitrogens with two attached hydrogens (primary N) is 1. The highest BCUT2D eigenvalue weighted by molar-refractivity contribution is 7.92. The van der Waals surface area contributed by atoms with E-state index in [0.717, 1.165) is 48.4 Å². The lowest BCUT2D eigenvalue weighted by Crippen LogP contribution is -2.40. The maximum absolute atomic E-state index is 13.1. The predicted molar refractivity (Wildman–Crippen MR) is 146 cm³/mol. The lowest BCUT2D eigenvalue weighted by atomic mass is 10.0. The van der Waals surface area contributed by atoms with Crippen molar-refractivity contribution < 1.29 is 13.2 Å². The van der Waals surface area contributed by atoms with E-state index in [1.165, 1.54) is 4.31 Å². The van der Waals surface area contributed by atoms with Crippen LogP contribution in [0.3, 0.4) is 0 Å². The van der Waals surface area contributed by atoms with Gasteiger partial charge < -0.3 is 15.4 Å². The highest BCUT2D eigenvalue weighted by Gasteiger charge is 2.36. The van der Waals surface area contributed by atoms with E-state index in [1.807, 2.05) is 56.3 Å². The van der Waals surface area contributed by atoms with Crippen molar-refractivity contribution in [2.24, 2.45) is 5.73 Å². The van der Waals surface area contributed by atoms with Gasteiger partial charge in [0.15, 0.2) is 0 Å². The molecule has 0 aromatic heterocycles. The first-order valence-corrected chi connectivity index (χ1v) is 13.9. The molecule has 0 spiro atoms. The molecule has 0 radical (unpaired) electrons. The maximum Gasteiger partial charge on any atom is 0.235 e. The topological polar surface area (TPSA) is 124 Å². The van der Waals surface area contributed by atoms with Crippen molar-refractivity contribution >= 4 is 33.0 Å². The van der Waals surface area contributed by atoms with Crippen molar-refractivity contribution in [1.29, 1.82) is 10.8 Å². The fourth-order valence-electron chi connectivity index (χ4n) is 4.94. The zero-order valence-corrected chi connectivity index (χ0v) is 21.9. The van der Waals surface area contributed by atoms with Crippen LogP contribution in [-0.2, 0) is 16.4 Å². The lowest BCUT2D eigenvalue weighted by Gasteiger charge is -2.32. The minimum atomic E-state index is -3.50. The summed E-state index contributed by atoms with van der Waals surface area (Å²) in [5.41, 5.74) is 9.77. The maximum atomic E-state index is 13.1. The van der Waals surface area contributed by atoms with Crippen LogP contribution in [0.4, 0.5) is 5.69 Å². The van der Waals surface area contributed by atoms with Crippen LogP contribution in [0.1, 0.15) is 50.3 Å². The molecule has 9 heteroatoms. The van der Waals surface area contributed by atoms with Crippen molar-refractivity contribution in [3.05, 3.63) is 65.2 Å². The van der Waals surface area contributed by atoms with E-state index in [4.69, 9.17) is 21.3 Å². The summed E-state index contributed by atoms with van der Waals surface area (Å²) in [6, 6.07) is 12.8. The average Bonchev–Trinajstić information content (AvgIpc) is 3.22. The molecule has 2 aromatic rings. The van der Waals surface area contributed by atoms with Crippen molar-refractivity contribution in [1.82, 2.24) is 4.90 Å². The van der Waals surface area contributed by atoms with Gasteiger partial charge in [0.05, 0.1) is 23.3 Å². The highest BCUT2D eigenvalue weighted by atomic mass is 32.2. The van der Waals surface area contributed by atoms with Crippen molar-refractivity contribution in [2.45, 2.75) is 52.2 Å². The van der Waals surface area contributed by atoms with Crippen LogP contribution in [-0.4, -0.2) is 56.0 Å². The number of likely N-dealkylation sites (tertiary alicyclic amines) is 1. The monoisotopic (exact) mass is 509 g/mol. The minimum absolute atomic E-state index is 0.000674. The van der Waals surface area contributed by atoms with E-state index in [1.54, 1.807) is 13.0 Å². The molecule has 1 atom stereocenters. The standard InChI is InChI=1S/C27H35N5O3S/c1-4-36(33,34)32-23(14-18(2)20-6-5-7-21(15-20)27(29)30)16-22-17-25(8-9-26(22)32)35-24-10-12-31(13-11-24)19(3)28/h5-9,14-15,17,23-24,28H,4,10-13,16H2,1-3H3,(H3,29,30)/b18-14+,28-19?. The average molecular weight is 510 g/mol. The zero-order valence-electron chi connectivity index (χ0n) is 21.1. The molecular formula is C27H35N5O3S. The Labute approximate surface area is 213 Å². The summed E-state index contributed by atoms with van der Waals surface area (Å²) < 4.78 is 34.0. The van der Waals surface area contributed by atoms with Gasteiger partial charge in [-0.15, -0.1) is 0 Å². The number of fused-ring (bicyclic) bond motifs is 1. The van der Waals surface area contributed by atoms with Crippen LogP contribution in [0, 0.1) is 10.8 Å². The summed E-state index contributed by atoms with van der Waals surface area (Å²) >= 11 is 0. The molecule has 36 heavy (non-hydrogen) atoms. The Balaban J connectivity index is 1.58. The molecule has 2 heterocycles. The van der Waals surface area contributed by atoms with Gasteiger partial charge in [-0.2, -0.15) is 0 Å². The Bertz CT molecular complexity index is 1300. The second-order valence-electron chi connectivity index (χ2n) is 9.49. The molecule has 0 amide bonds. The second-order valence-corrected chi connectivity index (χ2v) is 11.6. The van der Waals surface area contributed by atoms with E-state index in [9.17, 15) is 8.42 Å². The molecule has 1 saturated heterocycles. The number of benzene rings is 2. The Hall–Kier alpha value is -3.33. The van der Waals surface area contributed by atoms with Crippen LogP contribution in [0.25, 0.3) is 5.57 Å². The van der Waals surface area contributed by atoms with E-state index in [2.05, 4.69) is 4.90 Å². The van der Waals surface area contributed by atoms with E-state index < -0.39 is 10.0 Å². The number of hydrogen-bond acceptors (Lipinski definition) is 5. The smallest absolute Gasteiger partial charge is 0.235 e. The number of piperidine rings is 1. The molecule has 4 rings (SSSR count). The van der Waals surface area contributed by atoms with Crippen molar-refractivity contribution in [3.63, 3.8) is 0 Å². The predicted octanol–water partition coefficient (Wildman–Crippen LogP) is 4.00. The van der Waals surface area contributed by atoms with Crippen LogP contribution < -0.4 is 14.8 Å². The summed E-state index contributed by atoms with van der Waals surface area (Å²) in [5, 5.41) is 15.5. The number of nitrogen functional groups attached to an aromatic ring is 1. The van der Waals surface area contributed by atoms with Gasteiger partial charge in [0.2, 0.25) is 10.0 Å². The molecule has 192 valence electrons. The van der Waals surface area contributed by atoms with Gasteiger partial charge in [0.25, 0.3) is 0 Å². The van der Waals surface area contributed by atoms with Gasteiger partial charge >= 0.3 is 0 Å². The Kier molecular flexibility index (Phi) is 7.40. The van der Waals surface area contributed by atoms with Gasteiger partial charge in [-0.05, 0) is 68.2 Å². The molecule has 1 fully saturated rings. The molecule has 8 nitrogen and oxygen atoms in total. The number of anilines is 1. The number of nitrogens with one attached hydrogen (secondary N) is 2. The van der Waals surface area contributed by atoms with Crippen LogP contribution in [0.15, 0.2) is 48.5 Å². The zero-order chi connectivity index (χ0) is 26.0. The molecule has 2 aliphatic heterocycles. The molecule has 1 unspecified atom stereocenters. The third-order valence-electron chi connectivity index (χ3n) is 6.97. The van der Waals surface area contributed by atoms with Crippen molar-refractivity contribution in [3.8, 4) is 5.75 Å². The van der Waals surface area contributed by atoms with Gasteiger partial charge in [0.1, 0.15) is 17.7 Å². The normalized spacial score (nSPS) is 18.8. The van der Waals surface area contributed by atoms with Gasteiger partial charge in [0, 0.05) is 31.5 Å². The summed E-state index contributed by atoms with van der Waals surface area (Å²) in [6.45, 7) is 7.05. The molecule has 2 aromatic carbocycles. The lowest BCUT2D eigenvalue weighted by molar-refractivity contribution is 0.130. The summed E-state index contributed by atoms with van der Waals surface area (Å²) in [7, 11) is -3.50. The number of amidine groups is 2. The minimum Gasteiger partial charge on any atom is -0.490 e. The molecule has 2 aliphatic rings. The third-order valence-corrected chi connectivity index (χ3v) is 8.77. The number of allylic oxidation sites excluding steroid dienone is 1. The van der Waals surface area contributed by atoms with Gasteiger partial charge in [-0.3, -0.25) is 15.1 Å². The summed E-state index contributed by atoms with van der Waals surface area (Å²) in [4.78, 5) is 2.06. The molecule has 0 saturated carbocycles. The number of ether oxygens (including phenoxy) is 1. The SMILES string of the molecule is CCS(=O)(=O)N1c2ccc(OC3CCN(C(C)=N)CC3)cc2CC1/C=C(\C)c1cccc(C(=N)N)c1. The van der Waals surface area contributed by atoms with E-state index in [-0.39, 0.29) is 23.7 Å². The first-order valence-electron chi connectivity index (χ1n) is 12.3. The second kappa shape index (κ2) is 10.3. The van der Waals surface area contributed by atoms with Crippen molar-refractivity contribution in [2.75, 3.05) is 23.1 Å². The quantitative estimate of drug-likeness (QED) is 0.385. The molecule has 0 bridgehead atoms. The fourth-order valence-corrected chi connectivity index (χ4v) is 6.24. The number of hydrogen-bond donors (Lipinski definition) is 3. The number of rotatable bonds is 7. The van der Waals surface area contributed by atoms with Crippen LogP contribution in [0.2, 0.25) is 0 Å². The van der Waals surface area contributed by atoms with Gasteiger partial charge in [-0.1, -0.05) is 24.3 Å². The molecular weight excluding hydrogens is 474 g/mol. The summed E-state index contributed by atoms with van der Waals surface area (Å²) in [6.07, 6.45) is 4.34. The largest absolute Gasteiger partial charge is 0.490 e. The Morgan fingerprint density at radius 2 is 1.81 bits per heavy atom. The first kappa shape index (κ1) is 25.8. The van der Waals surface area contributed by atoms with Crippen LogP contribution in [0.5, 0.6) is 5.75 Å². The number of sulfonamides is 1. The highest BCUT2D eigenvalue weighted by Crippen LogP contribution is 2.39. The summed E-state index contributed by atoms with van der Waals surface area (Å²) in [5.74, 6) is 1.35. The molecule has 0 aliphatic carbocycles. The molecule has 4 N–H and O–H groups in total. The van der Waals surface area contributed by atoms with E-state index in [0.29, 0.717) is 23.5 Å². The third kappa shape index (κ3) is 5.41. The fraction of sp³-hybridized carbons (Fsp3) is 0.407. The van der Waals surface area contributed by atoms with E-state index >= 15 is 0 Å². The first-order chi connectivity index (χ1) is 17.1. The Morgan fingerprint density at radius 3 is 2.44 bits per heavy atom. The van der Waals surface area contributed by atoms with Crippen LogP contribution >= 0.6 is 0 Å². The Morgan fingerprint density at radius 1 is 1.11 bits per heavy atom. The van der Waals surface area contributed by atoms with Gasteiger partial charge in [-0.25, -0.2) is 8.42 Å². The number of nitrogens with zero attached hydrogens (tertiary/aromatic N) is 2.